The first-order valence-corrected chi connectivity index (χ1v) is 2.68. The van der Waals surface area contributed by atoms with Crippen LogP contribution < -0.4 is 29.6 Å². The molecule has 1 rings (SSSR count). The largest absolute Gasteiger partial charge is 1.00 e. The van der Waals surface area contributed by atoms with E-state index in [0.717, 1.165) is 6.29 Å². The molecule has 1 aromatic heterocycles. The second-order valence-corrected chi connectivity index (χ2v) is 1.49. The fourth-order valence-electron chi connectivity index (χ4n) is 0.446. The van der Waals surface area contributed by atoms with Gasteiger partial charge in [-0.05, 0) is 12.1 Å². The Bertz CT molecular complexity index is 245. The molecule has 0 amide bonds. The SMILES string of the molecule is O=Cc1cccnc1.[N-]=[N+]=[N-].[Na+]. The molecule has 0 radical (unpaired) electrons. The van der Waals surface area contributed by atoms with Crippen LogP contribution in [0.2, 0.25) is 0 Å². The summed E-state index contributed by atoms with van der Waals surface area (Å²) in [7, 11) is 0. The van der Waals surface area contributed by atoms with Crippen LogP contribution in [0.4, 0.5) is 0 Å². The summed E-state index contributed by atoms with van der Waals surface area (Å²) in [6, 6.07) is 3.43. The topological polar surface area (TPSA) is 88.7 Å². The van der Waals surface area contributed by atoms with Gasteiger partial charge in [-0.3, -0.25) is 14.7 Å². The summed E-state index contributed by atoms with van der Waals surface area (Å²) in [5, 5.41) is 0. The second-order valence-electron chi connectivity index (χ2n) is 1.49. The van der Waals surface area contributed by atoms with E-state index in [9.17, 15) is 4.79 Å². The van der Waals surface area contributed by atoms with Gasteiger partial charge in [-0.2, -0.15) is 0 Å². The Morgan fingerprint density at radius 2 is 2.08 bits per heavy atom. The molecule has 0 aliphatic heterocycles. The van der Waals surface area contributed by atoms with E-state index in [2.05, 4.69) is 4.98 Å². The molecule has 0 atom stereocenters. The van der Waals surface area contributed by atoms with Crippen molar-refractivity contribution in [3.05, 3.63) is 46.1 Å². The second kappa shape index (κ2) is 10.1. The fourth-order valence-corrected chi connectivity index (χ4v) is 0.446. The van der Waals surface area contributed by atoms with Crippen molar-refractivity contribution in [2.24, 2.45) is 0 Å². The molecular formula is C6H5N4NaO. The summed E-state index contributed by atoms with van der Waals surface area (Å²) in [6.45, 7) is 0. The summed E-state index contributed by atoms with van der Waals surface area (Å²) < 4.78 is 0. The predicted molar refractivity (Wildman–Crippen MR) is 39.7 cm³/mol. The maximum atomic E-state index is 9.97. The van der Waals surface area contributed by atoms with Crippen LogP contribution in [0, 0.1) is 0 Å². The van der Waals surface area contributed by atoms with Gasteiger partial charge in [-0.15, -0.1) is 0 Å². The van der Waals surface area contributed by atoms with Crippen LogP contribution in [0.3, 0.4) is 0 Å². The van der Waals surface area contributed by atoms with E-state index in [-0.39, 0.29) is 29.6 Å². The van der Waals surface area contributed by atoms with Crippen molar-refractivity contribution in [2.75, 3.05) is 0 Å². The molecule has 1 heterocycles. The Labute approximate surface area is 91.5 Å². The average Bonchev–Trinajstić information content (AvgIpc) is 2.08. The van der Waals surface area contributed by atoms with Gasteiger partial charge in [-0.25, -0.2) is 0 Å². The van der Waals surface area contributed by atoms with Crippen LogP contribution >= 0.6 is 0 Å². The molecule has 1 aromatic rings. The van der Waals surface area contributed by atoms with Gasteiger partial charge < -0.3 is 11.1 Å². The zero-order valence-electron chi connectivity index (χ0n) is 6.58. The Balaban J connectivity index is 0. The Morgan fingerprint density at radius 1 is 1.50 bits per heavy atom. The van der Waals surface area contributed by atoms with Gasteiger partial charge in [0.15, 0.2) is 6.29 Å². The number of hydrogen-bond acceptors (Lipinski definition) is 2. The molecule has 0 aromatic carbocycles. The molecular weight excluding hydrogens is 167 g/mol. The van der Waals surface area contributed by atoms with Gasteiger partial charge in [0.2, 0.25) is 0 Å². The number of rotatable bonds is 1. The smallest absolute Gasteiger partial charge is 0.373 e. The van der Waals surface area contributed by atoms with Crippen molar-refractivity contribution >= 4 is 6.29 Å². The number of hydrogen-bond donors (Lipinski definition) is 0. The number of carbonyl (C=O) groups is 1. The molecule has 0 saturated heterocycles. The Morgan fingerprint density at radius 3 is 2.33 bits per heavy atom. The van der Waals surface area contributed by atoms with Crippen molar-refractivity contribution < 1.29 is 34.4 Å². The number of carbonyl (C=O) groups excluding carboxylic acids is 1. The van der Waals surface area contributed by atoms with E-state index < -0.39 is 0 Å². The van der Waals surface area contributed by atoms with E-state index in [4.69, 9.17) is 11.1 Å². The van der Waals surface area contributed by atoms with Crippen molar-refractivity contribution in [2.45, 2.75) is 0 Å². The standard InChI is InChI=1S/C6H5NO.N3.Na/c8-5-6-2-1-3-7-4-6;1-3-2;/h1-5H;;/q;-1;+1. The van der Waals surface area contributed by atoms with E-state index >= 15 is 0 Å². The minimum atomic E-state index is 0. The maximum Gasteiger partial charge on any atom is 1.00 e. The molecule has 0 unspecified atom stereocenters. The van der Waals surface area contributed by atoms with E-state index in [1.807, 2.05) is 0 Å². The van der Waals surface area contributed by atoms with Gasteiger partial charge >= 0.3 is 29.6 Å². The summed E-state index contributed by atoms with van der Waals surface area (Å²) in [5.74, 6) is 0. The summed E-state index contributed by atoms with van der Waals surface area (Å²) >= 11 is 0. The van der Waals surface area contributed by atoms with Gasteiger partial charge in [-0.1, -0.05) is 0 Å². The van der Waals surface area contributed by atoms with Crippen LogP contribution in [0.1, 0.15) is 10.4 Å². The number of nitrogens with zero attached hydrogens (tertiary/aromatic N) is 4. The molecule has 12 heavy (non-hydrogen) atoms. The minimum absolute atomic E-state index is 0. The average molecular weight is 172 g/mol. The number of pyridine rings is 1. The molecule has 0 fully saturated rings. The normalized spacial score (nSPS) is 6.33. The van der Waals surface area contributed by atoms with Crippen LogP contribution in [-0.2, 0) is 0 Å². The maximum absolute atomic E-state index is 9.97. The van der Waals surface area contributed by atoms with Crippen LogP contribution in [0.15, 0.2) is 24.5 Å². The third-order valence-electron chi connectivity index (χ3n) is 0.820. The van der Waals surface area contributed by atoms with E-state index in [1.54, 1.807) is 18.3 Å². The molecule has 0 spiro atoms. The third-order valence-corrected chi connectivity index (χ3v) is 0.820. The Kier molecular flexibility index (Phi) is 11.6. The van der Waals surface area contributed by atoms with Crippen molar-refractivity contribution in [1.29, 1.82) is 0 Å². The molecule has 6 heteroatoms. The predicted octanol–water partition coefficient (Wildman–Crippen LogP) is -1.24. The molecule has 0 N–H and O–H groups in total. The first kappa shape index (κ1) is 13.7. The van der Waals surface area contributed by atoms with E-state index in [0.29, 0.717) is 5.56 Å². The molecule has 0 aliphatic rings. The van der Waals surface area contributed by atoms with Gasteiger partial charge in [0.1, 0.15) is 0 Å². The van der Waals surface area contributed by atoms with Crippen molar-refractivity contribution in [3.63, 3.8) is 0 Å². The fraction of sp³-hybridized carbons (Fsp3) is 0. The molecule has 56 valence electrons. The van der Waals surface area contributed by atoms with Gasteiger partial charge in [0.25, 0.3) is 0 Å². The van der Waals surface area contributed by atoms with Crippen LogP contribution in [-0.4, -0.2) is 11.3 Å². The molecule has 0 saturated carbocycles. The Hall–Kier alpha value is -0.870. The first-order valence-electron chi connectivity index (χ1n) is 2.68. The van der Waals surface area contributed by atoms with E-state index in [1.165, 1.54) is 11.1 Å². The quantitative estimate of drug-likeness (QED) is 0.174. The molecule has 0 bridgehead atoms. The number of aromatic nitrogens is 1. The van der Waals surface area contributed by atoms with Crippen molar-refractivity contribution in [3.8, 4) is 0 Å². The first-order chi connectivity index (χ1) is 5.35. The van der Waals surface area contributed by atoms with Crippen LogP contribution in [0.25, 0.3) is 16.0 Å². The number of aldehydes is 1. The summed E-state index contributed by atoms with van der Waals surface area (Å²) in [4.78, 5) is 15.2. The van der Waals surface area contributed by atoms with Gasteiger partial charge in [0, 0.05) is 18.0 Å². The zero-order valence-corrected chi connectivity index (χ0v) is 8.58. The third kappa shape index (κ3) is 7.24. The minimum Gasteiger partial charge on any atom is -0.373 e. The monoisotopic (exact) mass is 172 g/mol. The van der Waals surface area contributed by atoms with Crippen molar-refractivity contribution in [1.82, 2.24) is 4.98 Å². The summed E-state index contributed by atoms with van der Waals surface area (Å²) in [6.07, 6.45) is 3.92. The summed E-state index contributed by atoms with van der Waals surface area (Å²) in [5.41, 5.74) is 14.1. The molecule has 0 aliphatic carbocycles. The molecule has 5 nitrogen and oxygen atoms in total. The van der Waals surface area contributed by atoms with Crippen LogP contribution in [0.5, 0.6) is 0 Å². The van der Waals surface area contributed by atoms with Gasteiger partial charge in [0.05, 0.1) is 0 Å². The zero-order chi connectivity index (χ0) is 8.53.